The molecule has 0 rings (SSSR count). The van der Waals surface area contributed by atoms with E-state index in [1.165, 1.54) is 0 Å². The first-order chi connectivity index (χ1) is 5.20. The van der Waals surface area contributed by atoms with Crippen molar-refractivity contribution >= 4 is 5.71 Å². The van der Waals surface area contributed by atoms with Gasteiger partial charge in [0.2, 0.25) is 0 Å². The van der Waals surface area contributed by atoms with Crippen molar-refractivity contribution in [1.29, 1.82) is 0 Å². The Kier molecular flexibility index (Phi) is 5.90. The third kappa shape index (κ3) is 5.89. The number of hydrogen-bond acceptors (Lipinski definition) is 2. The molecule has 0 aliphatic heterocycles. The highest BCUT2D eigenvalue weighted by molar-refractivity contribution is 5.80. The molecule has 1 atom stereocenters. The normalized spacial score (nSPS) is 14.7. The van der Waals surface area contributed by atoms with E-state index < -0.39 is 0 Å². The van der Waals surface area contributed by atoms with Crippen LogP contribution < -0.4 is 0 Å². The molecular weight excluding hydrogens is 138 g/mol. The van der Waals surface area contributed by atoms with Crippen LogP contribution in [0.15, 0.2) is 5.16 Å². The van der Waals surface area contributed by atoms with Gasteiger partial charge in [0.25, 0.3) is 0 Å². The maximum absolute atomic E-state index is 5.13. The molecule has 0 saturated heterocycles. The lowest BCUT2D eigenvalue weighted by molar-refractivity contribution is 0.111. The van der Waals surface area contributed by atoms with E-state index in [2.05, 4.69) is 25.9 Å². The van der Waals surface area contributed by atoms with Crippen LogP contribution in [0.5, 0.6) is 0 Å². The molecule has 0 radical (unpaired) electrons. The van der Waals surface area contributed by atoms with Crippen LogP contribution in [0.25, 0.3) is 0 Å². The summed E-state index contributed by atoms with van der Waals surface area (Å²) in [4.78, 5) is 5.13. The Bertz CT molecular complexity index is 121. The highest BCUT2D eigenvalue weighted by atomic mass is 16.6. The van der Waals surface area contributed by atoms with E-state index in [9.17, 15) is 0 Å². The third-order valence-electron chi connectivity index (χ3n) is 1.79. The Balaban J connectivity index is 3.39. The standard InChI is InChI=1S/C9H19NO/c1-5-8(3)7-11-10-9(4)6-2/h8H,5-7H2,1-4H3. The fourth-order valence-corrected chi connectivity index (χ4v) is 0.457. The second kappa shape index (κ2) is 6.20. The van der Waals surface area contributed by atoms with Gasteiger partial charge < -0.3 is 4.84 Å². The lowest BCUT2D eigenvalue weighted by Gasteiger charge is -2.05. The van der Waals surface area contributed by atoms with Crippen LogP contribution >= 0.6 is 0 Å². The van der Waals surface area contributed by atoms with Gasteiger partial charge in [-0.25, -0.2) is 0 Å². The molecule has 0 N–H and O–H groups in total. The fraction of sp³-hybridized carbons (Fsp3) is 0.889. The Morgan fingerprint density at radius 2 is 2.09 bits per heavy atom. The van der Waals surface area contributed by atoms with E-state index in [4.69, 9.17) is 4.84 Å². The predicted octanol–water partition coefficient (Wildman–Crippen LogP) is 2.84. The molecule has 0 amide bonds. The summed E-state index contributed by atoms with van der Waals surface area (Å²) < 4.78 is 0. The summed E-state index contributed by atoms with van der Waals surface area (Å²) in [6, 6.07) is 0. The summed E-state index contributed by atoms with van der Waals surface area (Å²) >= 11 is 0. The first-order valence-electron chi connectivity index (χ1n) is 4.36. The molecule has 66 valence electrons. The van der Waals surface area contributed by atoms with E-state index in [1.54, 1.807) is 0 Å². The van der Waals surface area contributed by atoms with Crippen LogP contribution in [0.3, 0.4) is 0 Å². The number of nitrogens with zero attached hydrogens (tertiary/aromatic N) is 1. The molecule has 0 spiro atoms. The molecule has 0 aromatic heterocycles. The van der Waals surface area contributed by atoms with E-state index in [1.807, 2.05) is 6.92 Å². The molecule has 2 nitrogen and oxygen atoms in total. The van der Waals surface area contributed by atoms with E-state index in [0.29, 0.717) is 5.92 Å². The molecule has 11 heavy (non-hydrogen) atoms. The van der Waals surface area contributed by atoms with Gasteiger partial charge in [-0.05, 0) is 19.3 Å². The average Bonchev–Trinajstić information content (AvgIpc) is 2.04. The number of oxime groups is 1. The van der Waals surface area contributed by atoms with Gasteiger partial charge in [0, 0.05) is 0 Å². The lowest BCUT2D eigenvalue weighted by atomic mass is 10.1. The van der Waals surface area contributed by atoms with Crippen LogP contribution in [0.2, 0.25) is 0 Å². The van der Waals surface area contributed by atoms with Crippen LogP contribution in [-0.2, 0) is 4.84 Å². The van der Waals surface area contributed by atoms with E-state index in [-0.39, 0.29) is 0 Å². The minimum absolute atomic E-state index is 0.614. The molecule has 0 fully saturated rings. The summed E-state index contributed by atoms with van der Waals surface area (Å²) in [5, 5.41) is 3.95. The van der Waals surface area contributed by atoms with Crippen molar-refractivity contribution in [2.45, 2.75) is 40.5 Å². The molecule has 1 unspecified atom stereocenters. The Labute approximate surface area is 69.6 Å². The predicted molar refractivity (Wildman–Crippen MR) is 48.8 cm³/mol. The van der Waals surface area contributed by atoms with Gasteiger partial charge in [0.1, 0.15) is 6.61 Å². The zero-order chi connectivity index (χ0) is 8.69. The van der Waals surface area contributed by atoms with Gasteiger partial charge >= 0.3 is 0 Å². The second-order valence-corrected chi connectivity index (χ2v) is 2.99. The quantitative estimate of drug-likeness (QED) is 0.444. The second-order valence-electron chi connectivity index (χ2n) is 2.99. The molecule has 0 aliphatic rings. The fourth-order valence-electron chi connectivity index (χ4n) is 0.457. The zero-order valence-corrected chi connectivity index (χ0v) is 8.05. The first kappa shape index (κ1) is 10.5. The maximum atomic E-state index is 5.13. The average molecular weight is 157 g/mol. The van der Waals surface area contributed by atoms with Crippen molar-refractivity contribution in [2.24, 2.45) is 11.1 Å². The van der Waals surface area contributed by atoms with Crippen LogP contribution in [0.4, 0.5) is 0 Å². The molecule has 0 heterocycles. The van der Waals surface area contributed by atoms with Crippen molar-refractivity contribution in [3.8, 4) is 0 Å². The molecule has 0 aliphatic carbocycles. The van der Waals surface area contributed by atoms with Gasteiger partial charge in [0.05, 0.1) is 5.71 Å². The minimum atomic E-state index is 0.614. The Hall–Kier alpha value is -0.530. The van der Waals surface area contributed by atoms with Crippen molar-refractivity contribution in [2.75, 3.05) is 6.61 Å². The van der Waals surface area contributed by atoms with Gasteiger partial charge in [-0.3, -0.25) is 0 Å². The summed E-state index contributed by atoms with van der Waals surface area (Å²) in [6.45, 7) is 9.12. The molecule has 0 aromatic rings. The van der Waals surface area contributed by atoms with Crippen molar-refractivity contribution in [1.82, 2.24) is 0 Å². The molecule has 0 bridgehead atoms. The minimum Gasteiger partial charge on any atom is -0.396 e. The van der Waals surface area contributed by atoms with Gasteiger partial charge in [-0.15, -0.1) is 0 Å². The molecular formula is C9H19NO. The van der Waals surface area contributed by atoms with Crippen molar-refractivity contribution in [3.05, 3.63) is 0 Å². The molecule has 0 saturated carbocycles. The van der Waals surface area contributed by atoms with Gasteiger partial charge in [0.15, 0.2) is 0 Å². The van der Waals surface area contributed by atoms with E-state index in [0.717, 1.165) is 25.2 Å². The Morgan fingerprint density at radius 3 is 2.55 bits per heavy atom. The van der Waals surface area contributed by atoms with Gasteiger partial charge in [-0.1, -0.05) is 32.3 Å². The van der Waals surface area contributed by atoms with Crippen LogP contribution in [0, 0.1) is 5.92 Å². The van der Waals surface area contributed by atoms with Crippen LogP contribution in [-0.4, -0.2) is 12.3 Å². The largest absolute Gasteiger partial charge is 0.396 e. The van der Waals surface area contributed by atoms with Gasteiger partial charge in [-0.2, -0.15) is 0 Å². The Morgan fingerprint density at radius 1 is 1.45 bits per heavy atom. The number of rotatable bonds is 5. The highest BCUT2D eigenvalue weighted by Crippen LogP contribution is 2.00. The van der Waals surface area contributed by atoms with Crippen LogP contribution in [0.1, 0.15) is 40.5 Å². The first-order valence-corrected chi connectivity index (χ1v) is 4.36. The lowest BCUT2D eigenvalue weighted by Crippen LogP contribution is -2.02. The zero-order valence-electron chi connectivity index (χ0n) is 8.05. The molecule has 2 heteroatoms. The smallest absolute Gasteiger partial charge is 0.119 e. The summed E-state index contributed by atoms with van der Waals surface area (Å²) in [5.74, 6) is 0.614. The topological polar surface area (TPSA) is 21.6 Å². The van der Waals surface area contributed by atoms with Crippen molar-refractivity contribution < 1.29 is 4.84 Å². The third-order valence-corrected chi connectivity index (χ3v) is 1.79. The molecule has 0 aromatic carbocycles. The SMILES string of the molecule is CCC(C)=NOCC(C)CC. The van der Waals surface area contributed by atoms with E-state index >= 15 is 0 Å². The number of hydrogen-bond donors (Lipinski definition) is 0. The summed E-state index contributed by atoms with van der Waals surface area (Å²) in [7, 11) is 0. The summed E-state index contributed by atoms with van der Waals surface area (Å²) in [6.07, 6.45) is 2.13. The maximum Gasteiger partial charge on any atom is 0.119 e. The van der Waals surface area contributed by atoms with Crippen molar-refractivity contribution in [3.63, 3.8) is 0 Å². The highest BCUT2D eigenvalue weighted by Gasteiger charge is 1.97. The monoisotopic (exact) mass is 157 g/mol. The summed E-state index contributed by atoms with van der Waals surface area (Å²) in [5.41, 5.74) is 1.06.